The molecular formula is C15H19ClN2O3. The number of nitrogens with one attached hydrogen (secondary N) is 1. The number of halogens is 1. The number of hydrogen-bond acceptors (Lipinski definition) is 3. The zero-order chi connectivity index (χ0) is 15.5. The molecule has 1 atom stereocenters. The number of carbonyl (C=O) groups is 2. The highest BCUT2D eigenvalue weighted by molar-refractivity contribution is 6.30. The molecule has 2 rings (SSSR count). The van der Waals surface area contributed by atoms with Gasteiger partial charge in [0.15, 0.2) is 5.60 Å². The number of carbonyl (C=O) groups excluding carboxylic acids is 2. The Morgan fingerprint density at radius 1 is 1.38 bits per heavy atom. The van der Waals surface area contributed by atoms with Gasteiger partial charge >= 0.3 is 0 Å². The van der Waals surface area contributed by atoms with Crippen LogP contribution in [-0.2, 0) is 16.1 Å². The fraction of sp³-hybridized carbons (Fsp3) is 0.467. The van der Waals surface area contributed by atoms with Crippen molar-refractivity contribution in [2.75, 3.05) is 13.1 Å². The van der Waals surface area contributed by atoms with Gasteiger partial charge in [-0.15, -0.1) is 0 Å². The number of aliphatic hydroxyl groups is 1. The van der Waals surface area contributed by atoms with Crippen LogP contribution in [-0.4, -0.2) is 40.5 Å². The summed E-state index contributed by atoms with van der Waals surface area (Å²) in [6.45, 7) is 2.40. The van der Waals surface area contributed by atoms with Gasteiger partial charge in [-0.05, 0) is 30.5 Å². The lowest BCUT2D eigenvalue weighted by Gasteiger charge is -2.37. The molecular weight excluding hydrogens is 292 g/mol. The van der Waals surface area contributed by atoms with Gasteiger partial charge in [-0.1, -0.05) is 23.7 Å². The highest BCUT2D eigenvalue weighted by Crippen LogP contribution is 2.21. The minimum absolute atomic E-state index is 0.0504. The van der Waals surface area contributed by atoms with Gasteiger partial charge in [0.25, 0.3) is 5.91 Å². The molecule has 2 N–H and O–H groups in total. The second kappa shape index (κ2) is 6.45. The molecule has 1 heterocycles. The second-order valence-corrected chi connectivity index (χ2v) is 5.82. The molecule has 6 heteroatoms. The molecule has 1 fully saturated rings. The van der Waals surface area contributed by atoms with Crippen LogP contribution in [0.2, 0.25) is 5.02 Å². The van der Waals surface area contributed by atoms with Crippen LogP contribution in [0.5, 0.6) is 0 Å². The zero-order valence-electron chi connectivity index (χ0n) is 11.9. The maximum atomic E-state index is 12.2. The molecule has 21 heavy (non-hydrogen) atoms. The summed E-state index contributed by atoms with van der Waals surface area (Å²) < 4.78 is 0. The molecule has 0 aromatic heterocycles. The lowest BCUT2D eigenvalue weighted by atomic mass is 9.91. The Morgan fingerprint density at radius 2 is 2.05 bits per heavy atom. The summed E-state index contributed by atoms with van der Waals surface area (Å²) in [6, 6.07) is 7.12. The van der Waals surface area contributed by atoms with Crippen molar-refractivity contribution in [3.8, 4) is 0 Å². The van der Waals surface area contributed by atoms with E-state index in [1.165, 1.54) is 11.8 Å². The molecule has 5 nitrogen and oxygen atoms in total. The standard InChI is InChI=1S/C15H19ClN2O3/c1-11(19)18-8-2-7-15(21,10-18)14(20)17-9-12-3-5-13(16)6-4-12/h3-6,21H,2,7-10H2,1H3,(H,17,20)/t15-/m0/s1. The van der Waals surface area contributed by atoms with E-state index in [9.17, 15) is 14.7 Å². The Hall–Kier alpha value is -1.59. The van der Waals surface area contributed by atoms with Crippen LogP contribution in [0.15, 0.2) is 24.3 Å². The first kappa shape index (κ1) is 15.8. The van der Waals surface area contributed by atoms with Crippen molar-refractivity contribution in [3.05, 3.63) is 34.9 Å². The average molecular weight is 311 g/mol. The molecule has 0 bridgehead atoms. The zero-order valence-corrected chi connectivity index (χ0v) is 12.7. The van der Waals surface area contributed by atoms with Crippen LogP contribution in [0.25, 0.3) is 0 Å². The third kappa shape index (κ3) is 3.95. The number of rotatable bonds is 3. The summed E-state index contributed by atoms with van der Waals surface area (Å²) in [5.41, 5.74) is -0.605. The third-order valence-corrected chi connectivity index (χ3v) is 3.96. The predicted molar refractivity (Wildman–Crippen MR) is 79.7 cm³/mol. The van der Waals surface area contributed by atoms with Crippen molar-refractivity contribution < 1.29 is 14.7 Å². The van der Waals surface area contributed by atoms with Crippen LogP contribution in [0, 0.1) is 0 Å². The van der Waals surface area contributed by atoms with Gasteiger partial charge in [0.05, 0.1) is 6.54 Å². The van der Waals surface area contributed by atoms with Crippen molar-refractivity contribution in [2.45, 2.75) is 31.9 Å². The lowest BCUT2D eigenvalue weighted by molar-refractivity contribution is -0.150. The van der Waals surface area contributed by atoms with Crippen LogP contribution in [0.4, 0.5) is 0 Å². The minimum atomic E-state index is -1.50. The van der Waals surface area contributed by atoms with Crippen molar-refractivity contribution in [1.29, 1.82) is 0 Å². The van der Waals surface area contributed by atoms with Gasteiger partial charge in [-0.25, -0.2) is 0 Å². The van der Waals surface area contributed by atoms with Crippen molar-refractivity contribution in [3.63, 3.8) is 0 Å². The van der Waals surface area contributed by atoms with Gasteiger partial charge in [-0.2, -0.15) is 0 Å². The largest absolute Gasteiger partial charge is 0.378 e. The molecule has 1 aliphatic rings. The van der Waals surface area contributed by atoms with E-state index >= 15 is 0 Å². The van der Waals surface area contributed by atoms with Crippen molar-refractivity contribution >= 4 is 23.4 Å². The molecule has 1 aliphatic heterocycles. The average Bonchev–Trinajstić information content (AvgIpc) is 2.46. The number of β-amino-alcohol motifs (C(OH)–C–C–N with tert-alkyl or cyclic N) is 1. The minimum Gasteiger partial charge on any atom is -0.378 e. The van der Waals surface area contributed by atoms with E-state index in [0.29, 0.717) is 31.0 Å². The van der Waals surface area contributed by atoms with Gasteiger partial charge in [0.1, 0.15) is 0 Å². The van der Waals surface area contributed by atoms with Crippen LogP contribution in [0.3, 0.4) is 0 Å². The first-order chi connectivity index (χ1) is 9.90. The van der Waals surface area contributed by atoms with Crippen LogP contribution >= 0.6 is 11.6 Å². The van der Waals surface area contributed by atoms with E-state index in [2.05, 4.69) is 5.32 Å². The Kier molecular flexibility index (Phi) is 4.85. The Bertz CT molecular complexity index is 532. The van der Waals surface area contributed by atoms with E-state index in [1.54, 1.807) is 12.1 Å². The second-order valence-electron chi connectivity index (χ2n) is 5.38. The van der Waals surface area contributed by atoms with Crippen molar-refractivity contribution in [1.82, 2.24) is 10.2 Å². The monoisotopic (exact) mass is 310 g/mol. The fourth-order valence-corrected chi connectivity index (χ4v) is 2.57. The quantitative estimate of drug-likeness (QED) is 0.885. The number of nitrogens with zero attached hydrogens (tertiary/aromatic N) is 1. The maximum Gasteiger partial charge on any atom is 0.254 e. The number of amides is 2. The summed E-state index contributed by atoms with van der Waals surface area (Å²) in [7, 11) is 0. The summed E-state index contributed by atoms with van der Waals surface area (Å²) in [4.78, 5) is 25.1. The topological polar surface area (TPSA) is 69.6 Å². The molecule has 0 saturated carbocycles. The first-order valence-electron chi connectivity index (χ1n) is 6.91. The molecule has 0 spiro atoms. The molecule has 0 aliphatic carbocycles. The Balaban J connectivity index is 1.95. The first-order valence-corrected chi connectivity index (χ1v) is 7.29. The van der Waals surface area contributed by atoms with Crippen LogP contribution < -0.4 is 5.32 Å². The number of piperidine rings is 1. The van der Waals surface area contributed by atoms with Gasteiger partial charge in [0, 0.05) is 25.0 Å². The van der Waals surface area contributed by atoms with Gasteiger partial charge < -0.3 is 15.3 Å². The molecule has 1 saturated heterocycles. The molecule has 2 amide bonds. The third-order valence-electron chi connectivity index (χ3n) is 3.71. The van der Waals surface area contributed by atoms with E-state index in [4.69, 9.17) is 11.6 Å². The summed E-state index contributed by atoms with van der Waals surface area (Å²) >= 11 is 5.80. The maximum absolute atomic E-state index is 12.2. The molecule has 0 radical (unpaired) electrons. The highest BCUT2D eigenvalue weighted by Gasteiger charge is 2.40. The smallest absolute Gasteiger partial charge is 0.254 e. The number of benzene rings is 1. The van der Waals surface area contributed by atoms with Gasteiger partial charge in [0.2, 0.25) is 5.91 Å². The van der Waals surface area contributed by atoms with Crippen molar-refractivity contribution in [2.24, 2.45) is 0 Å². The van der Waals surface area contributed by atoms with E-state index in [0.717, 1.165) is 5.56 Å². The molecule has 1 aromatic rings. The summed E-state index contributed by atoms with van der Waals surface area (Å²) in [6.07, 6.45) is 0.980. The van der Waals surface area contributed by atoms with Gasteiger partial charge in [-0.3, -0.25) is 9.59 Å². The molecule has 0 unspecified atom stereocenters. The number of likely N-dealkylation sites (tertiary alicyclic amines) is 1. The fourth-order valence-electron chi connectivity index (χ4n) is 2.44. The lowest BCUT2D eigenvalue weighted by Crippen LogP contribution is -2.57. The SMILES string of the molecule is CC(=O)N1CCC[C@@](O)(C(=O)NCc2ccc(Cl)cc2)C1. The Morgan fingerprint density at radius 3 is 2.67 bits per heavy atom. The van der Waals surface area contributed by atoms with E-state index in [-0.39, 0.29) is 12.5 Å². The van der Waals surface area contributed by atoms with E-state index < -0.39 is 11.5 Å². The van der Waals surface area contributed by atoms with Crippen LogP contribution in [0.1, 0.15) is 25.3 Å². The summed E-state index contributed by atoms with van der Waals surface area (Å²) in [5.74, 6) is -0.568. The van der Waals surface area contributed by atoms with E-state index in [1.807, 2.05) is 12.1 Å². The number of hydrogen-bond donors (Lipinski definition) is 2. The highest BCUT2D eigenvalue weighted by atomic mass is 35.5. The summed E-state index contributed by atoms with van der Waals surface area (Å²) in [5, 5.41) is 13.8. The normalized spacial score (nSPS) is 22.0. The predicted octanol–water partition coefficient (Wildman–Crippen LogP) is 1.33. The molecule has 114 valence electrons. The molecule has 1 aromatic carbocycles. The Labute approximate surface area is 128 Å².